The van der Waals surface area contributed by atoms with Gasteiger partial charge in [-0.25, -0.2) is 4.98 Å². The number of hydrogen-bond acceptors (Lipinski definition) is 6. The van der Waals surface area contributed by atoms with Crippen LogP contribution in [-0.4, -0.2) is 52.2 Å². The third-order valence-corrected chi connectivity index (χ3v) is 5.03. The van der Waals surface area contributed by atoms with Gasteiger partial charge in [-0.1, -0.05) is 6.07 Å². The van der Waals surface area contributed by atoms with E-state index >= 15 is 0 Å². The molecule has 3 aromatic rings. The lowest BCUT2D eigenvalue weighted by Gasteiger charge is -2.32. The second-order valence-corrected chi connectivity index (χ2v) is 6.89. The van der Waals surface area contributed by atoms with Crippen LogP contribution in [0.25, 0.3) is 5.65 Å². The number of fused-ring (bicyclic) bond motifs is 1. The lowest BCUT2D eigenvalue weighted by molar-refractivity contribution is 0.203. The number of aliphatic hydroxyl groups excluding tert-OH is 1. The lowest BCUT2D eigenvalue weighted by atomic mass is 9.98. The maximum absolute atomic E-state index is 9.36. The van der Waals surface area contributed by atoms with E-state index in [9.17, 15) is 5.11 Å². The van der Waals surface area contributed by atoms with E-state index in [1.807, 2.05) is 36.9 Å². The van der Waals surface area contributed by atoms with Crippen molar-refractivity contribution in [1.29, 1.82) is 0 Å². The molecule has 0 radical (unpaired) electrons. The molecule has 7 nitrogen and oxygen atoms in total. The highest BCUT2D eigenvalue weighted by Crippen LogP contribution is 2.24. The molecule has 0 spiro atoms. The summed E-state index contributed by atoms with van der Waals surface area (Å²) >= 11 is 0. The molecule has 0 aromatic carbocycles. The van der Waals surface area contributed by atoms with Gasteiger partial charge in [0.1, 0.15) is 19.5 Å². The third-order valence-electron chi connectivity index (χ3n) is 5.03. The predicted octanol–water partition coefficient (Wildman–Crippen LogP) is 0.203. The molecule has 0 bridgehead atoms. The summed E-state index contributed by atoms with van der Waals surface area (Å²) in [5.41, 5.74) is 3.05. The molecule has 0 atom stereocenters. The summed E-state index contributed by atoms with van der Waals surface area (Å²) in [7, 11) is 2.03. The minimum Gasteiger partial charge on any atom is -0.396 e. The average molecular weight is 350 g/mol. The van der Waals surface area contributed by atoms with Gasteiger partial charge >= 0.3 is 0 Å². The molecule has 4 heterocycles. The Balaban J connectivity index is 1.61. The van der Waals surface area contributed by atoms with Crippen molar-refractivity contribution >= 4 is 30.6 Å². The molecule has 1 aliphatic rings. The van der Waals surface area contributed by atoms with Gasteiger partial charge in [-0.2, -0.15) is 9.61 Å². The van der Waals surface area contributed by atoms with Crippen LogP contribution in [0.5, 0.6) is 0 Å². The number of rotatable bonds is 5. The highest BCUT2D eigenvalue weighted by molar-refractivity contribution is 6.36. The Morgan fingerprint density at radius 3 is 2.85 bits per heavy atom. The van der Waals surface area contributed by atoms with Gasteiger partial charge in [0.2, 0.25) is 0 Å². The van der Waals surface area contributed by atoms with Crippen molar-refractivity contribution in [2.24, 2.45) is 5.92 Å². The van der Waals surface area contributed by atoms with E-state index in [2.05, 4.69) is 26.4 Å². The SMILES string of the molecule is Bc1cnn2c(NCc3cccnc3)cc(N3CCC(CO)CC3)nc12. The standard InChI is InChI=1S/C18H23BN6O/c19-15-11-22-25-16(21-10-14-2-1-5-20-9-14)8-17(23-18(15)25)24-6-3-13(12-26)4-7-24/h1-2,5,8-9,11,13,21,26H,3-4,6-7,10,12,19H2. The first-order chi connectivity index (χ1) is 12.7. The number of aromatic nitrogens is 4. The monoisotopic (exact) mass is 350 g/mol. The summed E-state index contributed by atoms with van der Waals surface area (Å²) in [4.78, 5) is 11.3. The van der Waals surface area contributed by atoms with E-state index in [1.165, 1.54) is 0 Å². The summed E-state index contributed by atoms with van der Waals surface area (Å²) in [6, 6.07) is 6.05. The fraction of sp³-hybridized carbons (Fsp3) is 0.389. The Morgan fingerprint density at radius 2 is 2.12 bits per heavy atom. The number of pyridine rings is 1. The largest absolute Gasteiger partial charge is 0.396 e. The average Bonchev–Trinajstić information content (AvgIpc) is 3.08. The lowest BCUT2D eigenvalue weighted by Crippen LogP contribution is -2.35. The van der Waals surface area contributed by atoms with Crippen LogP contribution in [0.15, 0.2) is 36.8 Å². The molecule has 1 aliphatic heterocycles. The van der Waals surface area contributed by atoms with Crippen molar-refractivity contribution < 1.29 is 5.11 Å². The van der Waals surface area contributed by atoms with Crippen LogP contribution in [0.3, 0.4) is 0 Å². The summed E-state index contributed by atoms with van der Waals surface area (Å²) in [6.45, 7) is 2.80. The topological polar surface area (TPSA) is 78.6 Å². The van der Waals surface area contributed by atoms with E-state index in [1.54, 1.807) is 6.20 Å². The van der Waals surface area contributed by atoms with Crippen LogP contribution in [0, 0.1) is 5.92 Å². The molecule has 1 fully saturated rings. The minimum atomic E-state index is 0.278. The van der Waals surface area contributed by atoms with Gasteiger partial charge in [-0.05, 0) is 35.9 Å². The second-order valence-electron chi connectivity index (χ2n) is 6.89. The highest BCUT2D eigenvalue weighted by Gasteiger charge is 2.21. The van der Waals surface area contributed by atoms with Crippen LogP contribution < -0.4 is 15.7 Å². The maximum Gasteiger partial charge on any atom is 0.153 e. The van der Waals surface area contributed by atoms with Crippen molar-refractivity contribution in [2.75, 3.05) is 29.9 Å². The van der Waals surface area contributed by atoms with Crippen LogP contribution in [0.1, 0.15) is 18.4 Å². The van der Waals surface area contributed by atoms with E-state index in [0.717, 1.165) is 54.2 Å². The van der Waals surface area contributed by atoms with Crippen molar-refractivity contribution in [1.82, 2.24) is 19.6 Å². The molecule has 134 valence electrons. The van der Waals surface area contributed by atoms with Crippen molar-refractivity contribution in [3.05, 3.63) is 42.4 Å². The molecule has 8 heteroatoms. The summed E-state index contributed by atoms with van der Waals surface area (Å²) in [5.74, 6) is 2.30. The van der Waals surface area contributed by atoms with Crippen molar-refractivity contribution in [3.8, 4) is 0 Å². The van der Waals surface area contributed by atoms with Gasteiger partial charge in [0.05, 0.1) is 0 Å². The quantitative estimate of drug-likeness (QED) is 0.641. The molecule has 0 amide bonds. The first kappa shape index (κ1) is 16.8. The maximum atomic E-state index is 9.36. The van der Waals surface area contributed by atoms with E-state index in [4.69, 9.17) is 4.98 Å². The number of nitrogens with one attached hydrogen (secondary N) is 1. The summed E-state index contributed by atoms with van der Waals surface area (Å²) in [5, 5.41) is 17.3. The van der Waals surface area contributed by atoms with Crippen LogP contribution in [0.2, 0.25) is 0 Å². The summed E-state index contributed by atoms with van der Waals surface area (Å²) in [6.07, 6.45) is 7.48. The van der Waals surface area contributed by atoms with Gasteiger partial charge in [0.15, 0.2) is 5.65 Å². The van der Waals surface area contributed by atoms with E-state index < -0.39 is 0 Å². The van der Waals surface area contributed by atoms with Gasteiger partial charge in [-0.15, -0.1) is 0 Å². The summed E-state index contributed by atoms with van der Waals surface area (Å²) < 4.78 is 1.86. The number of anilines is 2. The molecule has 3 aromatic heterocycles. The molecule has 0 unspecified atom stereocenters. The number of hydrogen-bond donors (Lipinski definition) is 2. The Morgan fingerprint density at radius 1 is 1.27 bits per heavy atom. The Labute approximate surface area is 153 Å². The molecule has 0 aliphatic carbocycles. The van der Waals surface area contributed by atoms with E-state index in [-0.39, 0.29) is 6.61 Å². The normalized spacial score (nSPS) is 15.5. The first-order valence-electron chi connectivity index (χ1n) is 9.08. The molecule has 2 N–H and O–H groups in total. The van der Waals surface area contributed by atoms with Crippen LogP contribution in [-0.2, 0) is 6.54 Å². The van der Waals surface area contributed by atoms with Crippen LogP contribution in [0.4, 0.5) is 11.6 Å². The van der Waals surface area contributed by atoms with Crippen LogP contribution >= 0.6 is 0 Å². The third kappa shape index (κ3) is 3.37. The molecule has 4 rings (SSSR count). The van der Waals surface area contributed by atoms with Crippen molar-refractivity contribution in [2.45, 2.75) is 19.4 Å². The molecule has 0 saturated carbocycles. The van der Waals surface area contributed by atoms with E-state index in [0.29, 0.717) is 12.5 Å². The zero-order valence-corrected chi connectivity index (χ0v) is 15.0. The van der Waals surface area contributed by atoms with Crippen molar-refractivity contribution in [3.63, 3.8) is 0 Å². The second kappa shape index (κ2) is 7.33. The van der Waals surface area contributed by atoms with Gasteiger partial charge in [0.25, 0.3) is 0 Å². The first-order valence-corrected chi connectivity index (χ1v) is 9.08. The number of piperidine rings is 1. The fourth-order valence-corrected chi connectivity index (χ4v) is 3.39. The van der Waals surface area contributed by atoms with Gasteiger partial charge < -0.3 is 15.3 Å². The fourth-order valence-electron chi connectivity index (χ4n) is 3.39. The smallest absolute Gasteiger partial charge is 0.153 e. The predicted molar refractivity (Wildman–Crippen MR) is 105 cm³/mol. The Kier molecular flexibility index (Phi) is 4.75. The van der Waals surface area contributed by atoms with Gasteiger partial charge in [-0.3, -0.25) is 4.98 Å². The zero-order valence-electron chi connectivity index (χ0n) is 15.0. The van der Waals surface area contributed by atoms with Gasteiger partial charge in [0, 0.05) is 50.9 Å². The molecular formula is C18H23BN6O. The molecule has 26 heavy (non-hydrogen) atoms. The number of nitrogens with zero attached hydrogens (tertiary/aromatic N) is 5. The highest BCUT2D eigenvalue weighted by atomic mass is 16.3. The Bertz CT molecular complexity index is 876. The molecular weight excluding hydrogens is 327 g/mol. The molecule has 1 saturated heterocycles. The number of aliphatic hydroxyl groups is 1. The Hall–Kier alpha value is -2.61. The minimum absolute atomic E-state index is 0.278. The zero-order chi connectivity index (χ0) is 17.9.